The van der Waals surface area contributed by atoms with E-state index in [4.69, 9.17) is 0 Å². The molecule has 110 valence electrons. The van der Waals surface area contributed by atoms with Gasteiger partial charge in [0.2, 0.25) is 0 Å². The number of benzene rings is 2. The molecule has 0 fully saturated rings. The molecule has 0 spiro atoms. The standard InChI is InChI=1S/C13H9.C8H13.Zr/c1-3-7-12-10(5-1)9-11-6-2-4-8-13(11)12;1-5-7(3)8(4)6-2;/h1-5,7-8H,9H2;5H,1-4H3;/q2*-1;+2/b;7-5+;. The zero-order valence-electron chi connectivity index (χ0n) is 13.8. The topological polar surface area (TPSA) is 0 Å². The molecule has 0 heterocycles. The maximum atomic E-state index is 3.30. The van der Waals surface area contributed by atoms with Gasteiger partial charge in [-0.1, -0.05) is 49.2 Å². The van der Waals surface area contributed by atoms with Gasteiger partial charge in [-0.05, 0) is 6.42 Å². The van der Waals surface area contributed by atoms with Crippen molar-refractivity contribution in [1.82, 2.24) is 0 Å². The first-order valence-corrected chi connectivity index (χ1v) is 7.39. The van der Waals surface area contributed by atoms with E-state index in [-0.39, 0.29) is 26.2 Å². The van der Waals surface area contributed by atoms with Gasteiger partial charge in [0, 0.05) is 0 Å². The SMILES string of the molecule is C[C-]=C(C)/C(C)=C/C.[Zr+2].[c-]1cccc2c1Cc1ccccc1-2. The van der Waals surface area contributed by atoms with Crippen molar-refractivity contribution in [1.29, 1.82) is 0 Å². The van der Waals surface area contributed by atoms with E-state index in [2.05, 4.69) is 68.5 Å². The van der Waals surface area contributed by atoms with E-state index in [1.54, 1.807) is 0 Å². The molecule has 2 aromatic carbocycles. The molecule has 0 aromatic heterocycles. The molecular weight excluding hydrogens is 343 g/mol. The first-order chi connectivity index (χ1) is 10.2. The van der Waals surface area contributed by atoms with Gasteiger partial charge in [0.25, 0.3) is 0 Å². The molecule has 0 atom stereocenters. The summed E-state index contributed by atoms with van der Waals surface area (Å²) in [5, 5.41) is 0. The summed E-state index contributed by atoms with van der Waals surface area (Å²) in [5.41, 5.74) is 8.07. The molecule has 1 aliphatic rings. The van der Waals surface area contributed by atoms with Gasteiger partial charge in [-0.3, -0.25) is 6.08 Å². The molecule has 3 rings (SSSR count). The van der Waals surface area contributed by atoms with Crippen LogP contribution in [0.1, 0.15) is 38.8 Å². The molecule has 0 radical (unpaired) electrons. The molecule has 0 bridgehead atoms. The van der Waals surface area contributed by atoms with Crippen molar-refractivity contribution in [3.63, 3.8) is 0 Å². The van der Waals surface area contributed by atoms with Crippen LogP contribution >= 0.6 is 0 Å². The minimum absolute atomic E-state index is 0. The Labute approximate surface area is 154 Å². The minimum atomic E-state index is 0. The van der Waals surface area contributed by atoms with E-state index >= 15 is 0 Å². The van der Waals surface area contributed by atoms with Crippen LogP contribution in [-0.2, 0) is 32.6 Å². The van der Waals surface area contributed by atoms with E-state index in [0.29, 0.717) is 0 Å². The number of hydrogen-bond acceptors (Lipinski definition) is 0. The number of allylic oxidation sites excluding steroid dienone is 4. The first kappa shape index (κ1) is 18.9. The van der Waals surface area contributed by atoms with Crippen molar-refractivity contribution in [3.8, 4) is 11.1 Å². The van der Waals surface area contributed by atoms with Crippen molar-refractivity contribution in [3.05, 3.63) is 83.0 Å². The zero-order valence-corrected chi connectivity index (χ0v) is 16.3. The van der Waals surface area contributed by atoms with E-state index in [1.165, 1.54) is 33.4 Å². The van der Waals surface area contributed by atoms with Gasteiger partial charge in [0.15, 0.2) is 0 Å². The van der Waals surface area contributed by atoms with Gasteiger partial charge >= 0.3 is 26.2 Å². The zero-order chi connectivity index (χ0) is 15.2. The van der Waals surface area contributed by atoms with Crippen LogP contribution in [0.15, 0.2) is 59.7 Å². The van der Waals surface area contributed by atoms with Crippen molar-refractivity contribution in [2.24, 2.45) is 0 Å². The van der Waals surface area contributed by atoms with Gasteiger partial charge in [0.05, 0.1) is 0 Å². The molecule has 0 aliphatic heterocycles. The summed E-state index contributed by atoms with van der Waals surface area (Å²) in [6.45, 7) is 8.12. The minimum Gasteiger partial charge on any atom is -0.275 e. The normalized spacial score (nSPS) is 12.5. The maximum absolute atomic E-state index is 3.30. The second-order valence-corrected chi connectivity index (χ2v) is 5.24. The number of hydrogen-bond donors (Lipinski definition) is 0. The van der Waals surface area contributed by atoms with E-state index in [1.807, 2.05) is 19.9 Å². The Morgan fingerprint density at radius 2 is 1.77 bits per heavy atom. The number of rotatable bonds is 1. The smallest absolute Gasteiger partial charge is 0.275 e. The van der Waals surface area contributed by atoms with Crippen molar-refractivity contribution >= 4 is 0 Å². The van der Waals surface area contributed by atoms with Crippen LogP contribution < -0.4 is 0 Å². The van der Waals surface area contributed by atoms with Crippen LogP contribution in [0.25, 0.3) is 11.1 Å². The fraction of sp³-hybridized carbons (Fsp3) is 0.238. The van der Waals surface area contributed by atoms with Crippen LogP contribution in [0.5, 0.6) is 0 Å². The van der Waals surface area contributed by atoms with Crippen LogP contribution in [0, 0.1) is 12.1 Å². The monoisotopic (exact) mass is 364 g/mol. The van der Waals surface area contributed by atoms with Crippen molar-refractivity contribution in [2.75, 3.05) is 0 Å². The first-order valence-electron chi connectivity index (χ1n) is 7.39. The van der Waals surface area contributed by atoms with Gasteiger partial charge in [-0.15, -0.1) is 19.4 Å². The third kappa shape index (κ3) is 4.40. The summed E-state index contributed by atoms with van der Waals surface area (Å²) < 4.78 is 0. The summed E-state index contributed by atoms with van der Waals surface area (Å²) in [5.74, 6) is 0. The predicted octanol–water partition coefficient (Wildman–Crippen LogP) is 5.78. The van der Waals surface area contributed by atoms with Gasteiger partial charge in [0.1, 0.15) is 0 Å². The molecule has 22 heavy (non-hydrogen) atoms. The van der Waals surface area contributed by atoms with Crippen LogP contribution in [0.2, 0.25) is 0 Å². The largest absolute Gasteiger partial charge is 2.00 e. The van der Waals surface area contributed by atoms with Gasteiger partial charge in [-0.2, -0.15) is 35.9 Å². The third-order valence-electron chi connectivity index (χ3n) is 4.02. The van der Waals surface area contributed by atoms with Crippen LogP contribution in [-0.4, -0.2) is 0 Å². The molecule has 0 nitrogen and oxygen atoms in total. The molecular formula is C21H22Zr. The Balaban J connectivity index is 0.000000238. The fourth-order valence-corrected chi connectivity index (χ4v) is 2.41. The average Bonchev–Trinajstić information content (AvgIpc) is 2.92. The summed E-state index contributed by atoms with van der Waals surface area (Å²) in [4.78, 5) is 0. The Kier molecular flexibility index (Phi) is 7.76. The van der Waals surface area contributed by atoms with Crippen LogP contribution in [0.4, 0.5) is 0 Å². The van der Waals surface area contributed by atoms with E-state index < -0.39 is 0 Å². The van der Waals surface area contributed by atoms with Crippen molar-refractivity contribution < 1.29 is 26.2 Å². The molecule has 0 unspecified atom stereocenters. The molecule has 2 aromatic rings. The Hall–Kier alpha value is -1.20. The molecule has 0 N–H and O–H groups in total. The Morgan fingerprint density at radius 1 is 1.09 bits per heavy atom. The van der Waals surface area contributed by atoms with E-state index in [0.717, 1.165) is 6.42 Å². The van der Waals surface area contributed by atoms with Gasteiger partial charge in [-0.25, -0.2) is 11.1 Å². The molecule has 0 saturated heterocycles. The summed E-state index contributed by atoms with van der Waals surface area (Å²) in [6, 6.07) is 18.1. The summed E-state index contributed by atoms with van der Waals surface area (Å²) >= 11 is 0. The fourth-order valence-electron chi connectivity index (χ4n) is 2.41. The molecule has 0 amide bonds. The predicted molar refractivity (Wildman–Crippen MR) is 91.1 cm³/mol. The Morgan fingerprint density at radius 3 is 2.41 bits per heavy atom. The van der Waals surface area contributed by atoms with Gasteiger partial charge < -0.3 is 0 Å². The summed E-state index contributed by atoms with van der Waals surface area (Å²) in [6.07, 6.45) is 6.20. The number of fused-ring (bicyclic) bond motifs is 3. The molecule has 1 aliphatic carbocycles. The quantitative estimate of drug-likeness (QED) is 0.379. The van der Waals surface area contributed by atoms with Crippen LogP contribution in [0.3, 0.4) is 0 Å². The second kappa shape index (κ2) is 9.06. The van der Waals surface area contributed by atoms with E-state index in [9.17, 15) is 0 Å². The third-order valence-corrected chi connectivity index (χ3v) is 4.02. The maximum Gasteiger partial charge on any atom is 2.00 e. The average molecular weight is 366 g/mol. The van der Waals surface area contributed by atoms with Crippen molar-refractivity contribution in [2.45, 2.75) is 34.1 Å². The molecule has 1 heteroatoms. The Bertz CT molecular complexity index is 618. The molecule has 0 saturated carbocycles. The summed E-state index contributed by atoms with van der Waals surface area (Å²) in [7, 11) is 0. The second-order valence-electron chi connectivity index (χ2n) is 5.24.